The summed E-state index contributed by atoms with van der Waals surface area (Å²) in [6.45, 7) is 2.40. The van der Waals surface area contributed by atoms with Crippen LogP contribution in [0.25, 0.3) is 0 Å². The highest BCUT2D eigenvalue weighted by molar-refractivity contribution is 6.17. The lowest BCUT2D eigenvalue weighted by molar-refractivity contribution is 0.0905. The van der Waals surface area contributed by atoms with Crippen molar-refractivity contribution in [2.75, 3.05) is 13.7 Å². The van der Waals surface area contributed by atoms with Gasteiger partial charge in [-0.3, -0.25) is 4.79 Å². The van der Waals surface area contributed by atoms with Crippen molar-refractivity contribution in [3.05, 3.63) is 35.4 Å². The Morgan fingerprint density at radius 1 is 1.44 bits per heavy atom. The molecule has 0 fully saturated rings. The molecule has 0 heterocycles. The van der Waals surface area contributed by atoms with Gasteiger partial charge < -0.3 is 10.1 Å². The molecule has 1 atom stereocenters. The number of benzene rings is 1. The first-order valence-electron chi connectivity index (χ1n) is 5.12. The van der Waals surface area contributed by atoms with Crippen molar-refractivity contribution < 1.29 is 9.53 Å². The average Bonchev–Trinajstić information content (AvgIpc) is 2.29. The number of hydrogen-bond acceptors (Lipinski definition) is 2. The highest BCUT2D eigenvalue weighted by Crippen LogP contribution is 2.07. The Morgan fingerprint density at radius 3 is 2.56 bits per heavy atom. The maximum absolute atomic E-state index is 11.7. The molecule has 1 unspecified atom stereocenters. The van der Waals surface area contributed by atoms with Crippen molar-refractivity contribution in [1.29, 1.82) is 0 Å². The van der Waals surface area contributed by atoms with Crippen LogP contribution < -0.4 is 5.32 Å². The minimum absolute atomic E-state index is 0.00482. The van der Waals surface area contributed by atoms with Gasteiger partial charge in [-0.1, -0.05) is 12.1 Å². The monoisotopic (exact) mass is 241 g/mol. The van der Waals surface area contributed by atoms with E-state index >= 15 is 0 Å². The van der Waals surface area contributed by atoms with Crippen LogP contribution in [0.4, 0.5) is 0 Å². The summed E-state index contributed by atoms with van der Waals surface area (Å²) in [5.41, 5.74) is 1.64. The van der Waals surface area contributed by atoms with Gasteiger partial charge in [-0.05, 0) is 24.6 Å². The van der Waals surface area contributed by atoms with Gasteiger partial charge in [0.05, 0.1) is 6.61 Å². The summed E-state index contributed by atoms with van der Waals surface area (Å²) in [5, 5.41) is 2.84. The zero-order valence-electron chi connectivity index (χ0n) is 9.50. The minimum Gasteiger partial charge on any atom is -0.383 e. The topological polar surface area (TPSA) is 38.3 Å². The van der Waals surface area contributed by atoms with Gasteiger partial charge in [-0.2, -0.15) is 0 Å². The highest BCUT2D eigenvalue weighted by atomic mass is 35.5. The van der Waals surface area contributed by atoms with E-state index in [-0.39, 0.29) is 11.9 Å². The van der Waals surface area contributed by atoms with Gasteiger partial charge in [0.2, 0.25) is 0 Å². The Labute approximate surface area is 101 Å². The lowest BCUT2D eigenvalue weighted by atomic mass is 10.1. The van der Waals surface area contributed by atoms with Gasteiger partial charge >= 0.3 is 0 Å². The molecule has 1 aromatic rings. The second-order valence-electron chi connectivity index (χ2n) is 3.66. The number of alkyl halides is 1. The molecule has 0 aromatic heterocycles. The van der Waals surface area contributed by atoms with Crippen LogP contribution in [-0.2, 0) is 10.6 Å². The smallest absolute Gasteiger partial charge is 0.251 e. The zero-order chi connectivity index (χ0) is 12.0. The van der Waals surface area contributed by atoms with Gasteiger partial charge in [0.1, 0.15) is 0 Å². The van der Waals surface area contributed by atoms with Crippen molar-refractivity contribution in [2.45, 2.75) is 18.8 Å². The molecule has 0 aliphatic carbocycles. The van der Waals surface area contributed by atoms with E-state index < -0.39 is 0 Å². The van der Waals surface area contributed by atoms with Crippen LogP contribution in [0.3, 0.4) is 0 Å². The SMILES string of the molecule is COCC(C)NC(=O)c1ccc(CCl)cc1. The Hall–Kier alpha value is -1.06. The van der Waals surface area contributed by atoms with Crippen molar-refractivity contribution in [2.24, 2.45) is 0 Å². The van der Waals surface area contributed by atoms with Gasteiger partial charge in [0.15, 0.2) is 0 Å². The number of halogens is 1. The Morgan fingerprint density at radius 2 is 2.06 bits per heavy atom. The third kappa shape index (κ3) is 3.83. The number of hydrogen-bond donors (Lipinski definition) is 1. The molecule has 3 nitrogen and oxygen atoms in total. The van der Waals surface area contributed by atoms with Crippen molar-refractivity contribution in [3.63, 3.8) is 0 Å². The fourth-order valence-corrected chi connectivity index (χ4v) is 1.52. The zero-order valence-corrected chi connectivity index (χ0v) is 10.3. The Balaban J connectivity index is 2.59. The average molecular weight is 242 g/mol. The molecular formula is C12H16ClNO2. The molecular weight excluding hydrogens is 226 g/mol. The quantitative estimate of drug-likeness (QED) is 0.803. The van der Waals surface area contributed by atoms with E-state index in [1.807, 2.05) is 19.1 Å². The minimum atomic E-state index is -0.0920. The van der Waals surface area contributed by atoms with E-state index in [4.69, 9.17) is 16.3 Å². The van der Waals surface area contributed by atoms with E-state index in [2.05, 4.69) is 5.32 Å². The number of methoxy groups -OCH3 is 1. The van der Waals surface area contributed by atoms with Crippen LogP contribution in [0.5, 0.6) is 0 Å². The molecule has 1 rings (SSSR count). The summed E-state index contributed by atoms with van der Waals surface area (Å²) < 4.78 is 4.94. The van der Waals surface area contributed by atoms with E-state index in [1.165, 1.54) is 0 Å². The second kappa shape index (κ2) is 6.51. The maximum Gasteiger partial charge on any atom is 0.251 e. The van der Waals surface area contributed by atoms with Crippen LogP contribution in [0, 0.1) is 0 Å². The number of ether oxygens (including phenoxy) is 1. The molecule has 0 saturated carbocycles. The Kier molecular flexibility index (Phi) is 5.29. The predicted octanol–water partition coefficient (Wildman–Crippen LogP) is 2.19. The normalized spacial score (nSPS) is 12.2. The lowest BCUT2D eigenvalue weighted by Crippen LogP contribution is -2.35. The van der Waals surface area contributed by atoms with Crippen LogP contribution in [0.15, 0.2) is 24.3 Å². The first-order chi connectivity index (χ1) is 7.67. The molecule has 0 aliphatic heterocycles. The predicted molar refractivity (Wildman–Crippen MR) is 64.8 cm³/mol. The summed E-state index contributed by atoms with van der Waals surface area (Å²) >= 11 is 5.67. The number of carbonyl (C=O) groups is 1. The van der Waals surface area contributed by atoms with Crippen LogP contribution in [0.1, 0.15) is 22.8 Å². The second-order valence-corrected chi connectivity index (χ2v) is 3.93. The van der Waals surface area contributed by atoms with Gasteiger partial charge in [0.25, 0.3) is 5.91 Å². The van der Waals surface area contributed by atoms with E-state index in [0.29, 0.717) is 18.1 Å². The summed E-state index contributed by atoms with van der Waals surface area (Å²) in [5.74, 6) is 0.368. The number of carbonyl (C=O) groups excluding carboxylic acids is 1. The first kappa shape index (κ1) is 13.0. The number of amides is 1. The molecule has 4 heteroatoms. The lowest BCUT2D eigenvalue weighted by Gasteiger charge is -2.12. The molecule has 1 N–H and O–H groups in total. The maximum atomic E-state index is 11.7. The summed E-state index contributed by atoms with van der Waals surface area (Å²) in [4.78, 5) is 11.7. The first-order valence-corrected chi connectivity index (χ1v) is 5.65. The molecule has 88 valence electrons. The van der Waals surface area contributed by atoms with Crippen LogP contribution in [-0.4, -0.2) is 25.7 Å². The van der Waals surface area contributed by atoms with Crippen LogP contribution >= 0.6 is 11.6 Å². The van der Waals surface area contributed by atoms with E-state index in [9.17, 15) is 4.79 Å². The molecule has 0 radical (unpaired) electrons. The summed E-state index contributed by atoms with van der Waals surface area (Å²) in [6, 6.07) is 7.25. The van der Waals surface area contributed by atoms with Crippen molar-refractivity contribution in [3.8, 4) is 0 Å². The van der Waals surface area contributed by atoms with E-state index in [1.54, 1.807) is 19.2 Å². The fraction of sp³-hybridized carbons (Fsp3) is 0.417. The van der Waals surface area contributed by atoms with Gasteiger partial charge in [0, 0.05) is 24.6 Å². The number of rotatable bonds is 5. The summed E-state index contributed by atoms with van der Waals surface area (Å²) in [7, 11) is 1.61. The van der Waals surface area contributed by atoms with E-state index in [0.717, 1.165) is 5.56 Å². The molecule has 16 heavy (non-hydrogen) atoms. The molecule has 0 aliphatic rings. The number of nitrogens with one attached hydrogen (secondary N) is 1. The van der Waals surface area contributed by atoms with Crippen LogP contribution in [0.2, 0.25) is 0 Å². The molecule has 1 aromatic carbocycles. The highest BCUT2D eigenvalue weighted by Gasteiger charge is 2.08. The summed E-state index contributed by atoms with van der Waals surface area (Å²) in [6.07, 6.45) is 0. The third-order valence-electron chi connectivity index (χ3n) is 2.16. The van der Waals surface area contributed by atoms with Gasteiger partial charge in [-0.15, -0.1) is 11.6 Å². The Bertz CT molecular complexity index is 337. The van der Waals surface area contributed by atoms with Gasteiger partial charge in [-0.25, -0.2) is 0 Å². The third-order valence-corrected chi connectivity index (χ3v) is 2.47. The van der Waals surface area contributed by atoms with Crippen molar-refractivity contribution >= 4 is 17.5 Å². The molecule has 0 saturated heterocycles. The standard InChI is InChI=1S/C12H16ClNO2/c1-9(8-16-2)14-12(15)11-5-3-10(7-13)4-6-11/h3-6,9H,7-8H2,1-2H3,(H,14,15). The molecule has 0 bridgehead atoms. The fourth-order valence-electron chi connectivity index (χ4n) is 1.34. The van der Waals surface area contributed by atoms with Crippen molar-refractivity contribution in [1.82, 2.24) is 5.32 Å². The largest absolute Gasteiger partial charge is 0.383 e. The molecule has 0 spiro atoms. The molecule has 1 amide bonds.